The van der Waals surface area contributed by atoms with E-state index in [1.165, 1.54) is 6.07 Å². The van der Waals surface area contributed by atoms with Crippen molar-refractivity contribution in [2.75, 3.05) is 19.0 Å². The Morgan fingerprint density at radius 3 is 2.78 bits per heavy atom. The summed E-state index contributed by atoms with van der Waals surface area (Å²) in [5, 5.41) is 3.08. The monoisotopic (exact) mass is 248 g/mol. The smallest absolute Gasteiger partial charge is 0.146 e. The van der Waals surface area contributed by atoms with Crippen LogP contribution in [0.15, 0.2) is 41.0 Å². The fraction of sp³-hybridized carbons (Fsp3) is 0.286. The van der Waals surface area contributed by atoms with Crippen LogP contribution in [0.1, 0.15) is 11.3 Å². The summed E-state index contributed by atoms with van der Waals surface area (Å²) in [6.07, 6.45) is 1.66. The molecule has 0 fully saturated rings. The molecule has 1 aromatic carbocycles. The van der Waals surface area contributed by atoms with Crippen LogP contribution in [0.2, 0.25) is 0 Å². The number of hydrogen-bond acceptors (Lipinski definition) is 3. The van der Waals surface area contributed by atoms with Crippen LogP contribution in [0.5, 0.6) is 0 Å². The van der Waals surface area contributed by atoms with Gasteiger partial charge in [-0.05, 0) is 25.2 Å². The molecule has 2 aromatic rings. The number of rotatable bonds is 5. The van der Waals surface area contributed by atoms with E-state index in [-0.39, 0.29) is 5.82 Å². The zero-order valence-electron chi connectivity index (χ0n) is 10.6. The molecule has 0 amide bonds. The lowest BCUT2D eigenvalue weighted by atomic mass is 10.2. The first-order valence-corrected chi connectivity index (χ1v) is 5.88. The van der Waals surface area contributed by atoms with Gasteiger partial charge in [-0.15, -0.1) is 0 Å². The summed E-state index contributed by atoms with van der Waals surface area (Å²) in [7, 11) is 3.74. The molecule has 1 N–H and O–H groups in total. The Labute approximate surface area is 106 Å². The number of hydrogen-bond donors (Lipinski definition) is 1. The van der Waals surface area contributed by atoms with Crippen LogP contribution in [-0.4, -0.2) is 14.1 Å². The van der Waals surface area contributed by atoms with Crippen molar-refractivity contribution in [3.05, 3.63) is 53.7 Å². The number of nitrogens with zero attached hydrogens (tertiary/aromatic N) is 1. The Balaban J connectivity index is 2.14. The first-order chi connectivity index (χ1) is 8.72. The van der Waals surface area contributed by atoms with Crippen LogP contribution >= 0.6 is 0 Å². The van der Waals surface area contributed by atoms with Crippen LogP contribution in [0, 0.1) is 5.82 Å². The molecule has 0 aliphatic heterocycles. The van der Waals surface area contributed by atoms with E-state index in [9.17, 15) is 4.39 Å². The van der Waals surface area contributed by atoms with Crippen molar-refractivity contribution in [2.24, 2.45) is 0 Å². The van der Waals surface area contributed by atoms with Crippen molar-refractivity contribution < 1.29 is 8.81 Å². The highest BCUT2D eigenvalue weighted by Gasteiger charge is 2.11. The van der Waals surface area contributed by atoms with Gasteiger partial charge in [0.15, 0.2) is 0 Å². The maximum atomic E-state index is 13.6. The van der Waals surface area contributed by atoms with E-state index in [0.717, 1.165) is 17.9 Å². The third-order valence-electron chi connectivity index (χ3n) is 2.85. The number of para-hydroxylation sites is 1. The van der Waals surface area contributed by atoms with E-state index < -0.39 is 0 Å². The summed E-state index contributed by atoms with van der Waals surface area (Å²) in [6.45, 7) is 1.29. The maximum Gasteiger partial charge on any atom is 0.146 e. The molecule has 96 valence electrons. The molecular weight excluding hydrogens is 231 g/mol. The third kappa shape index (κ3) is 2.71. The van der Waals surface area contributed by atoms with Gasteiger partial charge in [-0.25, -0.2) is 4.39 Å². The number of nitrogens with one attached hydrogen (secondary N) is 1. The van der Waals surface area contributed by atoms with Crippen LogP contribution in [0.3, 0.4) is 0 Å². The second kappa shape index (κ2) is 5.69. The van der Waals surface area contributed by atoms with Gasteiger partial charge < -0.3 is 14.6 Å². The van der Waals surface area contributed by atoms with E-state index in [1.54, 1.807) is 18.4 Å². The van der Waals surface area contributed by atoms with Crippen LogP contribution in [0.25, 0.3) is 0 Å². The lowest BCUT2D eigenvalue weighted by molar-refractivity contribution is 0.499. The Morgan fingerprint density at radius 2 is 2.06 bits per heavy atom. The van der Waals surface area contributed by atoms with E-state index in [1.807, 2.05) is 31.1 Å². The number of benzene rings is 1. The number of halogens is 1. The molecule has 0 atom stereocenters. The maximum absolute atomic E-state index is 13.6. The molecule has 2 rings (SSSR count). The van der Waals surface area contributed by atoms with Crippen molar-refractivity contribution in [3.63, 3.8) is 0 Å². The van der Waals surface area contributed by atoms with Gasteiger partial charge in [0.05, 0.1) is 18.5 Å². The van der Waals surface area contributed by atoms with Gasteiger partial charge >= 0.3 is 0 Å². The molecule has 0 saturated heterocycles. The predicted molar refractivity (Wildman–Crippen MR) is 70.0 cm³/mol. The molecule has 0 saturated carbocycles. The van der Waals surface area contributed by atoms with Crippen LogP contribution in [0.4, 0.5) is 10.1 Å². The van der Waals surface area contributed by atoms with E-state index >= 15 is 0 Å². The Morgan fingerprint density at radius 1 is 1.28 bits per heavy atom. The molecule has 0 aliphatic rings. The topological polar surface area (TPSA) is 28.4 Å². The highest BCUT2D eigenvalue weighted by atomic mass is 19.1. The normalized spacial score (nSPS) is 10.6. The van der Waals surface area contributed by atoms with Gasteiger partial charge in [0, 0.05) is 19.2 Å². The SMILES string of the molecule is CNCc1ccoc1CN(C)c1ccccc1F. The molecule has 18 heavy (non-hydrogen) atoms. The Kier molecular flexibility index (Phi) is 3.99. The average Bonchev–Trinajstić information content (AvgIpc) is 2.78. The molecule has 1 aromatic heterocycles. The highest BCUT2D eigenvalue weighted by molar-refractivity contribution is 5.47. The first-order valence-electron chi connectivity index (χ1n) is 5.88. The molecular formula is C14H17FN2O. The van der Waals surface area contributed by atoms with E-state index in [0.29, 0.717) is 12.2 Å². The largest absolute Gasteiger partial charge is 0.467 e. The lowest BCUT2D eigenvalue weighted by Crippen LogP contribution is -2.18. The first kappa shape index (κ1) is 12.6. The quantitative estimate of drug-likeness (QED) is 0.882. The minimum atomic E-state index is -0.221. The predicted octanol–water partition coefficient (Wildman–Crippen LogP) is 2.77. The van der Waals surface area contributed by atoms with Gasteiger partial charge in [-0.2, -0.15) is 0 Å². The fourth-order valence-corrected chi connectivity index (χ4v) is 1.92. The van der Waals surface area contributed by atoms with Crippen LogP contribution < -0.4 is 10.2 Å². The van der Waals surface area contributed by atoms with Gasteiger partial charge in [0.2, 0.25) is 0 Å². The second-order valence-electron chi connectivity index (χ2n) is 4.21. The molecule has 0 unspecified atom stereocenters. The Bertz CT molecular complexity index is 510. The van der Waals surface area contributed by atoms with Crippen molar-refractivity contribution in [3.8, 4) is 0 Å². The van der Waals surface area contributed by atoms with Gasteiger partial charge in [0.25, 0.3) is 0 Å². The summed E-state index contributed by atoms with van der Waals surface area (Å²) >= 11 is 0. The summed E-state index contributed by atoms with van der Waals surface area (Å²) < 4.78 is 19.1. The molecule has 1 heterocycles. The summed E-state index contributed by atoms with van der Waals surface area (Å²) in [6, 6.07) is 8.66. The zero-order chi connectivity index (χ0) is 13.0. The summed E-state index contributed by atoms with van der Waals surface area (Å²) in [5.74, 6) is 0.636. The fourth-order valence-electron chi connectivity index (χ4n) is 1.92. The zero-order valence-corrected chi connectivity index (χ0v) is 10.6. The lowest BCUT2D eigenvalue weighted by Gasteiger charge is -2.19. The number of furan rings is 1. The molecule has 3 nitrogen and oxygen atoms in total. The van der Waals surface area contributed by atoms with Crippen molar-refractivity contribution >= 4 is 5.69 Å². The van der Waals surface area contributed by atoms with Crippen molar-refractivity contribution in [1.82, 2.24) is 5.32 Å². The van der Waals surface area contributed by atoms with E-state index in [4.69, 9.17) is 4.42 Å². The molecule has 0 spiro atoms. The van der Waals surface area contributed by atoms with Gasteiger partial charge in [-0.3, -0.25) is 0 Å². The summed E-state index contributed by atoms with van der Waals surface area (Å²) in [5.41, 5.74) is 1.67. The van der Waals surface area contributed by atoms with Gasteiger partial charge in [-0.1, -0.05) is 12.1 Å². The third-order valence-corrected chi connectivity index (χ3v) is 2.85. The minimum absolute atomic E-state index is 0.221. The van der Waals surface area contributed by atoms with Crippen molar-refractivity contribution in [2.45, 2.75) is 13.1 Å². The minimum Gasteiger partial charge on any atom is -0.467 e. The van der Waals surface area contributed by atoms with E-state index in [2.05, 4.69) is 5.32 Å². The second-order valence-corrected chi connectivity index (χ2v) is 4.21. The van der Waals surface area contributed by atoms with Gasteiger partial charge in [0.1, 0.15) is 11.6 Å². The molecule has 0 radical (unpaired) electrons. The molecule has 0 bridgehead atoms. The Hall–Kier alpha value is -1.81. The molecule has 4 heteroatoms. The standard InChI is InChI=1S/C14H17FN2O/c1-16-9-11-7-8-18-14(11)10-17(2)13-6-4-3-5-12(13)15/h3-8,16H,9-10H2,1-2H3. The average molecular weight is 248 g/mol. The molecule has 0 aliphatic carbocycles. The van der Waals surface area contributed by atoms with Crippen LogP contribution in [-0.2, 0) is 13.1 Å². The van der Waals surface area contributed by atoms with Crippen molar-refractivity contribution in [1.29, 1.82) is 0 Å². The summed E-state index contributed by atoms with van der Waals surface area (Å²) in [4.78, 5) is 1.84. The highest BCUT2D eigenvalue weighted by Crippen LogP contribution is 2.21. The number of anilines is 1.